The lowest BCUT2D eigenvalue weighted by Gasteiger charge is -2.18. The van der Waals surface area contributed by atoms with Crippen LogP contribution in [0.3, 0.4) is 0 Å². The van der Waals surface area contributed by atoms with Crippen LogP contribution in [0.1, 0.15) is 40.5 Å². The second kappa shape index (κ2) is 8.39. The molecule has 1 saturated heterocycles. The van der Waals surface area contributed by atoms with Crippen LogP contribution in [0.25, 0.3) is 0 Å². The number of carbonyl (C=O) groups excluding carboxylic acids is 4. The Balaban J connectivity index is 1.53. The maximum absolute atomic E-state index is 12.3. The van der Waals surface area contributed by atoms with E-state index < -0.39 is 5.97 Å². The van der Waals surface area contributed by atoms with Gasteiger partial charge in [0, 0.05) is 13.1 Å². The molecule has 2 heterocycles. The van der Waals surface area contributed by atoms with Crippen molar-refractivity contribution >= 4 is 35.5 Å². The Labute approximate surface area is 161 Å². The number of fused-ring (bicyclic) bond motifs is 1. The van der Waals surface area contributed by atoms with Crippen LogP contribution in [0.2, 0.25) is 0 Å². The average Bonchev–Trinajstić information content (AvgIpc) is 3.11. The fourth-order valence-electron chi connectivity index (χ4n) is 3.04. The predicted octanol–water partition coefficient (Wildman–Crippen LogP) is 2.04. The van der Waals surface area contributed by atoms with Gasteiger partial charge < -0.3 is 9.64 Å². The summed E-state index contributed by atoms with van der Waals surface area (Å²) in [7, 11) is 0. The number of rotatable bonds is 7. The number of unbranched alkanes of at least 4 members (excludes halogenated alkanes) is 1. The molecule has 0 atom stereocenters. The van der Waals surface area contributed by atoms with Crippen LogP contribution < -0.4 is 0 Å². The fraction of sp³-hybridized carbons (Fsp3) is 0.368. The van der Waals surface area contributed by atoms with Gasteiger partial charge in [0.2, 0.25) is 5.91 Å². The van der Waals surface area contributed by atoms with E-state index in [0.29, 0.717) is 47.8 Å². The third kappa shape index (κ3) is 4.05. The molecule has 3 amide bonds. The number of nitrogens with zero attached hydrogens (tertiary/aromatic N) is 2. The molecule has 0 saturated carbocycles. The summed E-state index contributed by atoms with van der Waals surface area (Å²) in [6, 6.07) is 6.79. The lowest BCUT2D eigenvalue weighted by molar-refractivity contribution is -0.137. The monoisotopic (exact) mass is 388 g/mol. The van der Waals surface area contributed by atoms with E-state index >= 15 is 0 Å². The molecule has 1 aromatic rings. The van der Waals surface area contributed by atoms with Gasteiger partial charge in [-0.05, 0) is 31.9 Å². The van der Waals surface area contributed by atoms with Crippen LogP contribution in [-0.2, 0) is 14.3 Å². The Morgan fingerprint density at radius 3 is 2.26 bits per heavy atom. The molecule has 2 aliphatic heterocycles. The molecular weight excluding hydrogens is 368 g/mol. The molecule has 142 valence electrons. The summed E-state index contributed by atoms with van der Waals surface area (Å²) >= 11 is 1.31. The normalized spacial score (nSPS) is 17.8. The first-order valence-electron chi connectivity index (χ1n) is 8.79. The van der Waals surface area contributed by atoms with Crippen molar-refractivity contribution in [3.05, 3.63) is 46.5 Å². The number of esters is 1. The van der Waals surface area contributed by atoms with Crippen molar-refractivity contribution in [3.63, 3.8) is 0 Å². The number of amides is 3. The van der Waals surface area contributed by atoms with Gasteiger partial charge in [0.1, 0.15) is 0 Å². The van der Waals surface area contributed by atoms with Gasteiger partial charge in [-0.3, -0.25) is 19.3 Å². The highest BCUT2D eigenvalue weighted by Crippen LogP contribution is 2.29. The second-order valence-electron chi connectivity index (χ2n) is 6.08. The molecule has 0 aromatic heterocycles. The molecule has 1 aromatic carbocycles. The summed E-state index contributed by atoms with van der Waals surface area (Å²) in [5.41, 5.74) is 0.876. The Morgan fingerprint density at radius 1 is 1.07 bits per heavy atom. The largest absolute Gasteiger partial charge is 0.463 e. The predicted molar refractivity (Wildman–Crippen MR) is 99.9 cm³/mol. The summed E-state index contributed by atoms with van der Waals surface area (Å²) < 4.78 is 4.89. The first-order chi connectivity index (χ1) is 13.0. The SMILES string of the molecule is CCOC(=O)/C=C1\SCC(=O)N1CCCCN1C(=O)c2ccccc2C1=O. The van der Waals surface area contributed by atoms with E-state index in [0.717, 1.165) is 0 Å². The first kappa shape index (κ1) is 19.2. The Bertz CT molecular complexity index is 785. The zero-order chi connectivity index (χ0) is 19.4. The summed E-state index contributed by atoms with van der Waals surface area (Å²) in [5, 5.41) is 0.583. The summed E-state index contributed by atoms with van der Waals surface area (Å²) in [5.74, 6) is -0.775. The average molecular weight is 388 g/mol. The van der Waals surface area contributed by atoms with E-state index in [1.807, 2.05) is 0 Å². The molecule has 7 nitrogen and oxygen atoms in total. The standard InChI is InChI=1S/C19H20N2O5S/c1-2-26-17(23)11-16-20(15(22)12-27-16)9-5-6-10-21-18(24)13-7-3-4-8-14(13)19(21)25/h3-4,7-8,11H,2,5-6,9-10,12H2,1H3/b16-11-. The van der Waals surface area contributed by atoms with Crippen molar-refractivity contribution in [2.24, 2.45) is 0 Å². The van der Waals surface area contributed by atoms with Crippen molar-refractivity contribution in [3.8, 4) is 0 Å². The topological polar surface area (TPSA) is 84.0 Å². The van der Waals surface area contributed by atoms with Crippen molar-refractivity contribution in [1.29, 1.82) is 0 Å². The van der Waals surface area contributed by atoms with Crippen LogP contribution in [-0.4, -0.2) is 58.9 Å². The van der Waals surface area contributed by atoms with Crippen LogP contribution in [0.5, 0.6) is 0 Å². The Morgan fingerprint density at radius 2 is 1.67 bits per heavy atom. The molecule has 0 radical (unpaired) electrons. The third-order valence-electron chi connectivity index (χ3n) is 4.33. The fourth-order valence-corrected chi connectivity index (χ4v) is 3.99. The Kier molecular flexibility index (Phi) is 5.95. The van der Waals surface area contributed by atoms with Crippen molar-refractivity contribution in [2.75, 3.05) is 25.4 Å². The van der Waals surface area contributed by atoms with Crippen molar-refractivity contribution in [2.45, 2.75) is 19.8 Å². The van der Waals surface area contributed by atoms with Gasteiger partial charge in [-0.2, -0.15) is 0 Å². The molecule has 2 aliphatic rings. The van der Waals surface area contributed by atoms with E-state index in [-0.39, 0.29) is 24.3 Å². The minimum Gasteiger partial charge on any atom is -0.463 e. The van der Waals surface area contributed by atoms with E-state index in [1.54, 1.807) is 36.1 Å². The van der Waals surface area contributed by atoms with E-state index in [1.165, 1.54) is 22.7 Å². The zero-order valence-electron chi connectivity index (χ0n) is 15.0. The van der Waals surface area contributed by atoms with Gasteiger partial charge in [-0.1, -0.05) is 23.9 Å². The van der Waals surface area contributed by atoms with Gasteiger partial charge in [0.15, 0.2) is 0 Å². The van der Waals surface area contributed by atoms with E-state index in [2.05, 4.69) is 0 Å². The lowest BCUT2D eigenvalue weighted by Crippen LogP contribution is -2.32. The van der Waals surface area contributed by atoms with Gasteiger partial charge in [-0.15, -0.1) is 0 Å². The summed E-state index contributed by atoms with van der Waals surface area (Å²) in [6.07, 6.45) is 2.52. The van der Waals surface area contributed by atoms with Gasteiger partial charge in [-0.25, -0.2) is 4.79 Å². The molecule has 27 heavy (non-hydrogen) atoms. The molecular formula is C19H20N2O5S. The second-order valence-corrected chi connectivity index (χ2v) is 7.08. The zero-order valence-corrected chi connectivity index (χ0v) is 15.8. The lowest BCUT2D eigenvalue weighted by atomic mass is 10.1. The number of benzene rings is 1. The highest BCUT2D eigenvalue weighted by atomic mass is 32.2. The molecule has 0 unspecified atom stereocenters. The maximum atomic E-state index is 12.3. The molecule has 0 spiro atoms. The van der Waals surface area contributed by atoms with E-state index in [4.69, 9.17) is 4.74 Å². The molecule has 8 heteroatoms. The number of thioether (sulfide) groups is 1. The molecule has 3 rings (SSSR count). The van der Waals surface area contributed by atoms with Crippen LogP contribution in [0.15, 0.2) is 35.4 Å². The van der Waals surface area contributed by atoms with Gasteiger partial charge in [0.05, 0.1) is 34.6 Å². The first-order valence-corrected chi connectivity index (χ1v) is 9.78. The number of carbonyl (C=O) groups is 4. The van der Waals surface area contributed by atoms with Gasteiger partial charge in [0.25, 0.3) is 11.8 Å². The Hall–Kier alpha value is -2.61. The van der Waals surface area contributed by atoms with E-state index in [9.17, 15) is 19.2 Å². The molecule has 0 bridgehead atoms. The molecule has 1 fully saturated rings. The van der Waals surface area contributed by atoms with Crippen LogP contribution in [0.4, 0.5) is 0 Å². The van der Waals surface area contributed by atoms with Crippen LogP contribution >= 0.6 is 11.8 Å². The minimum atomic E-state index is -0.467. The highest BCUT2D eigenvalue weighted by Gasteiger charge is 2.34. The molecule has 0 aliphatic carbocycles. The number of hydrogen-bond donors (Lipinski definition) is 0. The smallest absolute Gasteiger partial charge is 0.333 e. The van der Waals surface area contributed by atoms with Crippen molar-refractivity contribution in [1.82, 2.24) is 9.80 Å². The highest BCUT2D eigenvalue weighted by molar-refractivity contribution is 8.04. The molecule has 0 N–H and O–H groups in total. The number of imide groups is 1. The van der Waals surface area contributed by atoms with Crippen LogP contribution in [0, 0.1) is 0 Å². The minimum absolute atomic E-state index is 0.0590. The number of ether oxygens (including phenoxy) is 1. The van der Waals surface area contributed by atoms with Gasteiger partial charge >= 0.3 is 5.97 Å². The van der Waals surface area contributed by atoms with Crippen molar-refractivity contribution < 1.29 is 23.9 Å². The number of hydrogen-bond acceptors (Lipinski definition) is 6. The third-order valence-corrected chi connectivity index (χ3v) is 5.36. The maximum Gasteiger partial charge on any atom is 0.333 e. The summed E-state index contributed by atoms with van der Waals surface area (Å²) in [6.45, 7) is 2.74. The quantitative estimate of drug-likeness (QED) is 0.308. The summed E-state index contributed by atoms with van der Waals surface area (Å²) in [4.78, 5) is 51.1.